The van der Waals surface area contributed by atoms with E-state index >= 15 is 0 Å². The van der Waals surface area contributed by atoms with Crippen LogP contribution in [0.3, 0.4) is 0 Å². The molecule has 0 bridgehead atoms. The Kier molecular flexibility index (Phi) is 7.66. The summed E-state index contributed by atoms with van der Waals surface area (Å²) in [6.07, 6.45) is 0.455. The lowest BCUT2D eigenvalue weighted by molar-refractivity contribution is -0.145. The van der Waals surface area contributed by atoms with Gasteiger partial charge in [-0.3, -0.25) is 4.79 Å². The maximum absolute atomic E-state index is 12.8. The number of benzene rings is 3. The van der Waals surface area contributed by atoms with Gasteiger partial charge in [0, 0.05) is 6.04 Å². The fourth-order valence-corrected chi connectivity index (χ4v) is 4.36. The first-order valence-electron chi connectivity index (χ1n) is 10.4. The van der Waals surface area contributed by atoms with E-state index in [9.17, 15) is 13.2 Å². The average Bonchev–Trinajstić information content (AvgIpc) is 2.75. The molecule has 168 valence electrons. The van der Waals surface area contributed by atoms with Gasteiger partial charge < -0.3 is 14.7 Å². The maximum Gasteiger partial charge on any atom is 0.339 e. The summed E-state index contributed by atoms with van der Waals surface area (Å²) < 4.78 is 35.9. The summed E-state index contributed by atoms with van der Waals surface area (Å²) in [6, 6.07) is 21.8. The van der Waals surface area contributed by atoms with Crippen LogP contribution in [0.25, 0.3) is 0 Å². The van der Waals surface area contributed by atoms with E-state index in [0.29, 0.717) is 12.0 Å². The molecule has 0 saturated carbocycles. The predicted molar refractivity (Wildman–Crippen MR) is 123 cm³/mol. The van der Waals surface area contributed by atoms with Crippen LogP contribution in [-0.2, 0) is 26.1 Å². The standard InChI is InChI=1S/C25H27NO5S/c1-3-30-25(27)24(23(26)16-19-8-5-4-6-9-19)20-10-7-11-21(17-20)31-32(28,29)22-14-12-18(2)13-15-22/h4-15,17,23-24H,3,16,26H2,1-2H3. The number of aryl methyl sites for hydroxylation is 1. The summed E-state index contributed by atoms with van der Waals surface area (Å²) in [7, 11) is -4.02. The molecule has 7 heteroatoms. The van der Waals surface area contributed by atoms with Gasteiger partial charge in [-0.05, 0) is 55.7 Å². The van der Waals surface area contributed by atoms with Crippen LogP contribution in [-0.4, -0.2) is 27.0 Å². The first-order valence-corrected chi connectivity index (χ1v) is 11.8. The quantitative estimate of drug-likeness (QED) is 0.389. The second-order valence-electron chi connectivity index (χ2n) is 7.51. The monoisotopic (exact) mass is 453 g/mol. The Balaban J connectivity index is 1.88. The van der Waals surface area contributed by atoms with Crippen molar-refractivity contribution in [3.8, 4) is 5.75 Å². The molecular formula is C25H27NO5S. The SMILES string of the molecule is CCOC(=O)C(c1cccc(OS(=O)(=O)c2ccc(C)cc2)c1)C(N)Cc1ccccc1. The van der Waals surface area contributed by atoms with Gasteiger partial charge in [-0.1, -0.05) is 60.2 Å². The Bertz CT molecular complexity index is 1140. The Morgan fingerprint density at radius 1 is 0.969 bits per heavy atom. The third-order valence-corrected chi connectivity index (χ3v) is 6.28. The number of carbonyl (C=O) groups excluding carboxylic acids is 1. The van der Waals surface area contributed by atoms with Crippen LogP contribution in [0.4, 0.5) is 0 Å². The Morgan fingerprint density at radius 2 is 1.66 bits per heavy atom. The maximum atomic E-state index is 12.8. The Morgan fingerprint density at radius 3 is 2.31 bits per heavy atom. The average molecular weight is 454 g/mol. The van der Waals surface area contributed by atoms with Crippen molar-refractivity contribution in [3.63, 3.8) is 0 Å². The topological polar surface area (TPSA) is 95.7 Å². The van der Waals surface area contributed by atoms with Crippen LogP contribution in [0.5, 0.6) is 5.75 Å². The predicted octanol–water partition coefficient (Wildman–Crippen LogP) is 3.98. The Labute approximate surface area is 189 Å². The van der Waals surface area contributed by atoms with Crippen LogP contribution in [0, 0.1) is 6.92 Å². The molecule has 6 nitrogen and oxygen atoms in total. The summed E-state index contributed by atoms with van der Waals surface area (Å²) in [5.74, 6) is -1.14. The smallest absolute Gasteiger partial charge is 0.339 e. The molecule has 3 rings (SSSR count). The number of esters is 1. The molecule has 0 fully saturated rings. The lowest BCUT2D eigenvalue weighted by Gasteiger charge is -2.23. The van der Waals surface area contributed by atoms with Crippen molar-refractivity contribution in [1.29, 1.82) is 0 Å². The molecule has 0 aliphatic heterocycles. The van der Waals surface area contributed by atoms with Crippen LogP contribution in [0.1, 0.15) is 29.5 Å². The number of carbonyl (C=O) groups is 1. The molecule has 2 unspecified atom stereocenters. The number of ether oxygens (including phenoxy) is 1. The highest BCUT2D eigenvalue weighted by Crippen LogP contribution is 2.28. The molecule has 0 aliphatic rings. The van der Waals surface area contributed by atoms with E-state index < -0.39 is 28.0 Å². The molecular weight excluding hydrogens is 426 g/mol. The molecule has 0 saturated heterocycles. The van der Waals surface area contributed by atoms with E-state index in [1.165, 1.54) is 24.3 Å². The van der Waals surface area contributed by atoms with Crippen molar-refractivity contribution < 1.29 is 22.1 Å². The lowest BCUT2D eigenvalue weighted by atomic mass is 9.88. The fourth-order valence-electron chi connectivity index (χ4n) is 3.43. The van der Waals surface area contributed by atoms with E-state index in [1.54, 1.807) is 31.2 Å². The van der Waals surface area contributed by atoms with Crippen molar-refractivity contribution in [2.45, 2.75) is 37.1 Å². The first kappa shape index (κ1) is 23.5. The van der Waals surface area contributed by atoms with Crippen molar-refractivity contribution >= 4 is 16.1 Å². The number of hydrogen-bond donors (Lipinski definition) is 1. The highest BCUT2D eigenvalue weighted by atomic mass is 32.2. The number of hydrogen-bond acceptors (Lipinski definition) is 6. The van der Waals surface area contributed by atoms with Gasteiger partial charge in [0.05, 0.1) is 12.5 Å². The van der Waals surface area contributed by atoms with Crippen molar-refractivity contribution in [2.24, 2.45) is 5.73 Å². The summed E-state index contributed by atoms with van der Waals surface area (Å²) in [4.78, 5) is 12.8. The van der Waals surface area contributed by atoms with Crippen molar-refractivity contribution in [1.82, 2.24) is 0 Å². The fraction of sp³-hybridized carbons (Fsp3) is 0.240. The van der Waals surface area contributed by atoms with E-state index in [4.69, 9.17) is 14.7 Å². The third-order valence-electron chi connectivity index (χ3n) is 5.02. The minimum atomic E-state index is -4.02. The molecule has 0 radical (unpaired) electrons. The van der Waals surface area contributed by atoms with Gasteiger partial charge in [-0.15, -0.1) is 0 Å². The highest BCUT2D eigenvalue weighted by Gasteiger charge is 2.30. The summed E-state index contributed by atoms with van der Waals surface area (Å²) >= 11 is 0. The minimum Gasteiger partial charge on any atom is -0.465 e. The molecule has 0 aliphatic carbocycles. The van der Waals surface area contributed by atoms with E-state index in [0.717, 1.165) is 11.1 Å². The first-order chi connectivity index (χ1) is 15.3. The highest BCUT2D eigenvalue weighted by molar-refractivity contribution is 7.87. The minimum absolute atomic E-state index is 0.0521. The summed E-state index contributed by atoms with van der Waals surface area (Å²) in [5, 5.41) is 0. The molecule has 32 heavy (non-hydrogen) atoms. The number of nitrogens with two attached hydrogens (primary N) is 1. The molecule has 3 aromatic carbocycles. The van der Waals surface area contributed by atoms with E-state index in [-0.39, 0.29) is 17.3 Å². The second-order valence-corrected chi connectivity index (χ2v) is 9.05. The van der Waals surface area contributed by atoms with E-state index in [2.05, 4.69) is 0 Å². The molecule has 2 N–H and O–H groups in total. The van der Waals surface area contributed by atoms with Crippen molar-refractivity contribution in [3.05, 3.63) is 95.6 Å². The van der Waals surface area contributed by atoms with Crippen molar-refractivity contribution in [2.75, 3.05) is 6.61 Å². The van der Waals surface area contributed by atoms with Crippen LogP contribution < -0.4 is 9.92 Å². The zero-order valence-electron chi connectivity index (χ0n) is 18.1. The third kappa shape index (κ3) is 5.96. The van der Waals surface area contributed by atoms with Gasteiger partial charge in [0.15, 0.2) is 0 Å². The van der Waals surface area contributed by atoms with Gasteiger partial charge in [0.1, 0.15) is 10.6 Å². The molecule has 3 aromatic rings. The van der Waals surface area contributed by atoms with Crippen LogP contribution in [0.15, 0.2) is 83.8 Å². The van der Waals surface area contributed by atoms with Gasteiger partial charge >= 0.3 is 16.1 Å². The zero-order valence-corrected chi connectivity index (χ0v) is 18.9. The lowest BCUT2D eigenvalue weighted by Crippen LogP contribution is -2.36. The molecule has 0 spiro atoms. The Hall–Kier alpha value is -3.16. The normalized spacial score (nSPS) is 13.2. The second kappa shape index (κ2) is 10.4. The molecule has 0 aromatic heterocycles. The molecule has 0 heterocycles. The summed E-state index contributed by atoms with van der Waals surface area (Å²) in [5.41, 5.74) is 8.90. The van der Waals surface area contributed by atoms with Gasteiger partial charge in [-0.2, -0.15) is 8.42 Å². The zero-order chi connectivity index (χ0) is 23.1. The number of rotatable bonds is 9. The van der Waals surface area contributed by atoms with Gasteiger partial charge in [0.2, 0.25) is 0 Å². The van der Waals surface area contributed by atoms with Crippen LogP contribution >= 0.6 is 0 Å². The van der Waals surface area contributed by atoms with Crippen LogP contribution in [0.2, 0.25) is 0 Å². The molecule has 2 atom stereocenters. The summed E-state index contributed by atoms with van der Waals surface area (Å²) in [6.45, 7) is 3.81. The van der Waals surface area contributed by atoms with Gasteiger partial charge in [0.25, 0.3) is 0 Å². The molecule has 0 amide bonds. The largest absolute Gasteiger partial charge is 0.465 e. The van der Waals surface area contributed by atoms with Gasteiger partial charge in [-0.25, -0.2) is 0 Å². The van der Waals surface area contributed by atoms with E-state index in [1.807, 2.05) is 37.3 Å².